The van der Waals surface area contributed by atoms with Crippen LogP contribution in [0.3, 0.4) is 0 Å². The average Bonchev–Trinajstić information content (AvgIpc) is 2.67. The number of nitrogens with one attached hydrogen (secondary N) is 1. The number of carbonyl (C=O) groups is 1. The quantitative estimate of drug-likeness (QED) is 0.739. The van der Waals surface area contributed by atoms with Gasteiger partial charge in [0.25, 0.3) is 11.5 Å². The number of alkyl halides is 3. The van der Waals surface area contributed by atoms with Gasteiger partial charge in [-0.05, 0) is 12.5 Å². The number of carbonyl (C=O) groups excluding carboxylic acids is 1. The van der Waals surface area contributed by atoms with Gasteiger partial charge in [-0.2, -0.15) is 13.2 Å². The van der Waals surface area contributed by atoms with Crippen LogP contribution in [0.25, 0.3) is 0 Å². The van der Waals surface area contributed by atoms with Crippen LogP contribution in [0.15, 0.2) is 54.6 Å². The van der Waals surface area contributed by atoms with Crippen molar-refractivity contribution >= 4 is 5.91 Å². The fourth-order valence-electron chi connectivity index (χ4n) is 2.66. The predicted molar refractivity (Wildman–Crippen MR) is 101 cm³/mol. The molecular weight excluding hydrogens is 367 g/mol. The molecule has 28 heavy (non-hydrogen) atoms. The van der Waals surface area contributed by atoms with E-state index < -0.39 is 24.3 Å². The average molecular weight is 389 g/mol. The molecule has 1 amide bonds. The smallest absolute Gasteiger partial charge is 0.349 e. The van der Waals surface area contributed by atoms with E-state index in [1.807, 2.05) is 19.1 Å². The standard InChI is InChI=1S/C22H22F3NO2/c1-3-4-8-15-28-21(22(23,24)25,19-9-6-5-7-10-19)20(27)26-16-18-13-11-17(2)12-14-18/h5-7,9-14H,3,15-16H2,1-2H3,(H,26,27). The minimum atomic E-state index is -4.97. The maximum atomic E-state index is 14.2. The van der Waals surface area contributed by atoms with E-state index in [-0.39, 0.29) is 12.1 Å². The molecule has 0 aromatic heterocycles. The predicted octanol–water partition coefficient (Wildman–Crippen LogP) is 4.50. The fourth-order valence-corrected chi connectivity index (χ4v) is 2.66. The van der Waals surface area contributed by atoms with Crippen molar-refractivity contribution in [2.24, 2.45) is 0 Å². The topological polar surface area (TPSA) is 38.3 Å². The van der Waals surface area contributed by atoms with Gasteiger partial charge in [-0.3, -0.25) is 4.79 Å². The molecule has 1 N–H and O–H groups in total. The number of benzene rings is 2. The SMILES string of the molecule is CCC#CCOC(C(=O)NCc1ccc(C)cc1)(c1ccccc1)C(F)(F)F. The zero-order valence-electron chi connectivity index (χ0n) is 15.8. The van der Waals surface area contributed by atoms with Crippen molar-refractivity contribution in [1.29, 1.82) is 0 Å². The van der Waals surface area contributed by atoms with Gasteiger partial charge < -0.3 is 10.1 Å². The van der Waals surface area contributed by atoms with Gasteiger partial charge in [0.1, 0.15) is 6.61 Å². The lowest BCUT2D eigenvalue weighted by atomic mass is 9.91. The lowest BCUT2D eigenvalue weighted by molar-refractivity contribution is -0.270. The number of ether oxygens (including phenoxy) is 1. The first-order valence-electron chi connectivity index (χ1n) is 8.87. The number of amides is 1. The van der Waals surface area contributed by atoms with E-state index in [1.165, 1.54) is 24.3 Å². The third-order valence-corrected chi connectivity index (χ3v) is 4.14. The zero-order chi connectivity index (χ0) is 20.6. The van der Waals surface area contributed by atoms with E-state index in [0.717, 1.165) is 5.56 Å². The Hall–Kier alpha value is -2.78. The summed E-state index contributed by atoms with van der Waals surface area (Å²) in [5.41, 5.74) is -1.72. The molecule has 0 heterocycles. The minimum Gasteiger partial charge on any atom is -0.349 e. The number of aryl methyl sites for hydroxylation is 1. The summed E-state index contributed by atoms with van der Waals surface area (Å²) in [6.45, 7) is 3.11. The summed E-state index contributed by atoms with van der Waals surface area (Å²) in [6, 6.07) is 14.1. The number of hydrogen-bond donors (Lipinski definition) is 1. The molecule has 2 aromatic carbocycles. The van der Waals surface area contributed by atoms with Gasteiger partial charge in [-0.1, -0.05) is 73.0 Å². The summed E-state index contributed by atoms with van der Waals surface area (Å²) < 4.78 is 47.6. The maximum Gasteiger partial charge on any atom is 0.431 e. The molecule has 3 nitrogen and oxygen atoms in total. The summed E-state index contributed by atoms with van der Waals surface area (Å²) in [4.78, 5) is 12.8. The molecule has 0 fully saturated rings. The van der Waals surface area contributed by atoms with Crippen molar-refractivity contribution < 1.29 is 22.7 Å². The van der Waals surface area contributed by atoms with Crippen molar-refractivity contribution in [2.75, 3.05) is 6.61 Å². The van der Waals surface area contributed by atoms with E-state index in [4.69, 9.17) is 4.74 Å². The van der Waals surface area contributed by atoms with Crippen LogP contribution in [-0.4, -0.2) is 18.7 Å². The molecule has 148 valence electrons. The van der Waals surface area contributed by atoms with Gasteiger partial charge in [0.15, 0.2) is 0 Å². The Bertz CT molecular complexity index is 836. The third-order valence-electron chi connectivity index (χ3n) is 4.14. The van der Waals surface area contributed by atoms with Crippen molar-refractivity contribution in [3.63, 3.8) is 0 Å². The highest BCUT2D eigenvalue weighted by atomic mass is 19.4. The van der Waals surface area contributed by atoms with Crippen LogP contribution in [0.1, 0.15) is 30.0 Å². The lowest BCUT2D eigenvalue weighted by Gasteiger charge is -2.34. The molecule has 0 spiro atoms. The van der Waals surface area contributed by atoms with Gasteiger partial charge in [0.2, 0.25) is 0 Å². The van der Waals surface area contributed by atoms with Crippen molar-refractivity contribution in [3.8, 4) is 11.8 Å². The summed E-state index contributed by atoms with van der Waals surface area (Å²) in [5.74, 6) is 3.89. The van der Waals surface area contributed by atoms with Crippen molar-refractivity contribution in [2.45, 2.75) is 38.6 Å². The summed E-state index contributed by atoms with van der Waals surface area (Å²) in [6.07, 6.45) is -4.49. The Balaban J connectivity index is 2.36. The number of rotatable bonds is 6. The molecule has 0 radical (unpaired) electrons. The summed E-state index contributed by atoms with van der Waals surface area (Å²) in [5, 5.41) is 2.37. The molecule has 1 atom stereocenters. The van der Waals surface area contributed by atoms with Gasteiger partial charge in [-0.15, -0.1) is 5.92 Å². The molecule has 2 aromatic rings. The van der Waals surface area contributed by atoms with Crippen LogP contribution in [0.2, 0.25) is 0 Å². The molecule has 0 aliphatic heterocycles. The normalized spacial score (nSPS) is 13.2. The number of halogens is 3. The molecule has 2 rings (SSSR count). The molecule has 0 bridgehead atoms. The van der Waals surface area contributed by atoms with Crippen LogP contribution in [0.5, 0.6) is 0 Å². The molecule has 0 saturated heterocycles. The Morgan fingerprint density at radius 1 is 1.04 bits per heavy atom. The first kappa shape index (κ1) is 21.5. The maximum absolute atomic E-state index is 14.2. The molecule has 0 saturated carbocycles. The molecule has 6 heteroatoms. The molecule has 0 aliphatic rings. The van der Waals surface area contributed by atoms with Crippen molar-refractivity contribution in [3.05, 3.63) is 71.3 Å². The Morgan fingerprint density at radius 3 is 2.25 bits per heavy atom. The zero-order valence-corrected chi connectivity index (χ0v) is 15.8. The van der Waals surface area contributed by atoms with E-state index >= 15 is 0 Å². The number of hydrogen-bond acceptors (Lipinski definition) is 2. The third kappa shape index (κ3) is 4.93. The van der Waals surface area contributed by atoms with E-state index in [0.29, 0.717) is 12.0 Å². The van der Waals surface area contributed by atoms with Crippen LogP contribution in [-0.2, 0) is 21.7 Å². The van der Waals surface area contributed by atoms with Crippen LogP contribution >= 0.6 is 0 Å². The fraction of sp³-hybridized carbons (Fsp3) is 0.318. The van der Waals surface area contributed by atoms with E-state index in [9.17, 15) is 18.0 Å². The van der Waals surface area contributed by atoms with Crippen LogP contribution in [0, 0.1) is 18.8 Å². The Labute approximate surface area is 162 Å². The van der Waals surface area contributed by atoms with Crippen molar-refractivity contribution in [1.82, 2.24) is 5.32 Å². The monoisotopic (exact) mass is 389 g/mol. The van der Waals surface area contributed by atoms with E-state index in [2.05, 4.69) is 17.2 Å². The van der Waals surface area contributed by atoms with E-state index in [1.54, 1.807) is 25.1 Å². The molecule has 1 unspecified atom stereocenters. The first-order valence-corrected chi connectivity index (χ1v) is 8.87. The van der Waals surface area contributed by atoms with Gasteiger partial charge in [-0.25, -0.2) is 0 Å². The minimum absolute atomic E-state index is 0.0478. The first-order chi connectivity index (χ1) is 13.3. The second-order valence-electron chi connectivity index (χ2n) is 6.21. The highest BCUT2D eigenvalue weighted by molar-refractivity contribution is 5.87. The lowest BCUT2D eigenvalue weighted by Crippen LogP contribution is -2.56. The van der Waals surface area contributed by atoms with Gasteiger partial charge >= 0.3 is 6.18 Å². The van der Waals surface area contributed by atoms with Gasteiger partial charge in [0.05, 0.1) is 0 Å². The van der Waals surface area contributed by atoms with Crippen LogP contribution in [0.4, 0.5) is 13.2 Å². The van der Waals surface area contributed by atoms with Gasteiger partial charge in [0, 0.05) is 18.5 Å². The summed E-state index contributed by atoms with van der Waals surface area (Å²) in [7, 11) is 0. The summed E-state index contributed by atoms with van der Waals surface area (Å²) >= 11 is 0. The highest BCUT2D eigenvalue weighted by Crippen LogP contribution is 2.42. The molecule has 0 aliphatic carbocycles. The second-order valence-corrected chi connectivity index (χ2v) is 6.21. The van der Waals surface area contributed by atoms with Crippen LogP contribution < -0.4 is 5.32 Å². The largest absolute Gasteiger partial charge is 0.431 e. The Morgan fingerprint density at radius 2 is 1.68 bits per heavy atom. The second kappa shape index (κ2) is 9.43. The molecular formula is C22H22F3NO2. The Kier molecular flexibility index (Phi) is 7.24. The highest BCUT2D eigenvalue weighted by Gasteiger charge is 2.63.